The molecule has 0 saturated carbocycles. The maximum Gasteiger partial charge on any atom is 0.0433 e. The van der Waals surface area contributed by atoms with Gasteiger partial charge >= 0.3 is 0 Å². The molecule has 0 saturated heterocycles. The first-order valence-corrected chi connectivity index (χ1v) is 6.33. The highest BCUT2D eigenvalue weighted by molar-refractivity contribution is 4.61. The van der Waals surface area contributed by atoms with Crippen LogP contribution in [0.1, 0.15) is 65.7 Å². The van der Waals surface area contributed by atoms with Crippen molar-refractivity contribution in [2.75, 3.05) is 6.61 Å². The molecule has 86 valence electrons. The van der Waals surface area contributed by atoms with E-state index in [1.54, 1.807) is 0 Å². The smallest absolute Gasteiger partial charge is 0.0433 e. The van der Waals surface area contributed by atoms with Crippen molar-refractivity contribution in [3.05, 3.63) is 0 Å². The molecular weight excluding hydrogens is 172 g/mol. The van der Waals surface area contributed by atoms with E-state index >= 15 is 0 Å². The van der Waals surface area contributed by atoms with E-state index in [2.05, 4.69) is 20.8 Å². The quantitative estimate of drug-likeness (QED) is 0.558. The third kappa shape index (κ3) is 7.37. The summed E-state index contributed by atoms with van der Waals surface area (Å²) in [6.07, 6.45) is 9.19. The molecule has 14 heavy (non-hydrogen) atoms. The van der Waals surface area contributed by atoms with Gasteiger partial charge in [-0.15, -0.1) is 0 Å². The number of aliphatic hydroxyl groups excluding tert-OH is 1. The monoisotopic (exact) mass is 200 g/mol. The highest BCUT2D eigenvalue weighted by atomic mass is 16.3. The van der Waals surface area contributed by atoms with Gasteiger partial charge in [0.25, 0.3) is 0 Å². The molecule has 1 nitrogen and oxygen atoms in total. The second-order valence-corrected chi connectivity index (χ2v) is 4.67. The van der Waals surface area contributed by atoms with E-state index in [9.17, 15) is 0 Å². The summed E-state index contributed by atoms with van der Waals surface area (Å²) in [7, 11) is 0. The fourth-order valence-electron chi connectivity index (χ4n) is 1.84. The fourth-order valence-corrected chi connectivity index (χ4v) is 1.84. The largest absolute Gasteiger partial charge is 0.396 e. The maximum atomic E-state index is 8.83. The Morgan fingerprint density at radius 3 is 2.00 bits per heavy atom. The molecule has 0 fully saturated rings. The lowest BCUT2D eigenvalue weighted by Crippen LogP contribution is -2.09. The van der Waals surface area contributed by atoms with E-state index < -0.39 is 0 Å². The minimum atomic E-state index is 0.349. The lowest BCUT2D eigenvalue weighted by atomic mass is 9.88. The van der Waals surface area contributed by atoms with E-state index in [1.807, 2.05) is 0 Å². The van der Waals surface area contributed by atoms with Gasteiger partial charge in [0, 0.05) is 6.61 Å². The third-order valence-electron chi connectivity index (χ3n) is 3.32. The third-order valence-corrected chi connectivity index (χ3v) is 3.32. The van der Waals surface area contributed by atoms with Crippen LogP contribution in [0.15, 0.2) is 0 Å². The molecule has 0 spiro atoms. The summed E-state index contributed by atoms with van der Waals surface area (Å²) in [6.45, 7) is 7.18. The topological polar surface area (TPSA) is 20.2 Å². The van der Waals surface area contributed by atoms with Crippen molar-refractivity contribution in [1.29, 1.82) is 0 Å². The van der Waals surface area contributed by atoms with Crippen LogP contribution in [0.25, 0.3) is 0 Å². The summed E-state index contributed by atoms with van der Waals surface area (Å²) in [4.78, 5) is 0. The zero-order valence-electron chi connectivity index (χ0n) is 10.3. The minimum absolute atomic E-state index is 0.349. The highest BCUT2D eigenvalue weighted by Gasteiger charge is 2.10. The Morgan fingerprint density at radius 1 is 0.857 bits per heavy atom. The second kappa shape index (κ2) is 9.51. The number of rotatable bonds is 9. The Labute approximate surface area is 89.9 Å². The summed E-state index contributed by atoms with van der Waals surface area (Å²) in [5.41, 5.74) is 0. The van der Waals surface area contributed by atoms with Gasteiger partial charge in [-0.25, -0.2) is 0 Å². The molecule has 2 unspecified atom stereocenters. The van der Waals surface area contributed by atoms with Crippen LogP contribution < -0.4 is 0 Å². The van der Waals surface area contributed by atoms with Crippen LogP contribution in [0, 0.1) is 11.8 Å². The van der Waals surface area contributed by atoms with E-state index in [4.69, 9.17) is 5.11 Å². The molecule has 2 atom stereocenters. The Kier molecular flexibility index (Phi) is 9.49. The first-order chi connectivity index (χ1) is 6.72. The van der Waals surface area contributed by atoms with Crippen molar-refractivity contribution in [2.24, 2.45) is 11.8 Å². The predicted octanol–water partition coefficient (Wildman–Crippen LogP) is 4.00. The van der Waals surface area contributed by atoms with Gasteiger partial charge in [-0.3, -0.25) is 0 Å². The summed E-state index contributed by atoms with van der Waals surface area (Å²) >= 11 is 0. The molecule has 1 N–H and O–H groups in total. The SMILES string of the molecule is CCCCCCCC(C)C(C)CCO. The number of hydrogen-bond donors (Lipinski definition) is 1. The van der Waals surface area contributed by atoms with Gasteiger partial charge in [0.15, 0.2) is 0 Å². The lowest BCUT2D eigenvalue weighted by molar-refractivity contribution is 0.228. The zero-order chi connectivity index (χ0) is 10.8. The van der Waals surface area contributed by atoms with Gasteiger partial charge in [0.2, 0.25) is 0 Å². The number of unbranched alkanes of at least 4 members (excludes halogenated alkanes) is 4. The molecule has 0 bridgehead atoms. The van der Waals surface area contributed by atoms with Crippen LogP contribution in [0.3, 0.4) is 0 Å². The first-order valence-electron chi connectivity index (χ1n) is 6.33. The molecule has 0 aromatic rings. The molecule has 0 rings (SSSR count). The van der Waals surface area contributed by atoms with Crippen molar-refractivity contribution >= 4 is 0 Å². The molecular formula is C13H28O. The molecule has 0 amide bonds. The van der Waals surface area contributed by atoms with Gasteiger partial charge in [-0.1, -0.05) is 59.3 Å². The van der Waals surface area contributed by atoms with Gasteiger partial charge < -0.3 is 5.11 Å². The Bertz CT molecular complexity index is 112. The lowest BCUT2D eigenvalue weighted by Gasteiger charge is -2.18. The number of aliphatic hydroxyl groups is 1. The Balaban J connectivity index is 3.29. The van der Waals surface area contributed by atoms with E-state index in [0.717, 1.165) is 12.3 Å². The van der Waals surface area contributed by atoms with Crippen molar-refractivity contribution in [1.82, 2.24) is 0 Å². The molecule has 1 heteroatoms. The summed E-state index contributed by atoms with van der Waals surface area (Å²) < 4.78 is 0. The molecule has 0 aliphatic carbocycles. The van der Waals surface area contributed by atoms with Crippen molar-refractivity contribution in [3.8, 4) is 0 Å². The van der Waals surface area contributed by atoms with Crippen LogP contribution in [0.4, 0.5) is 0 Å². The van der Waals surface area contributed by atoms with Crippen LogP contribution in [0.5, 0.6) is 0 Å². The zero-order valence-corrected chi connectivity index (χ0v) is 10.3. The van der Waals surface area contributed by atoms with Crippen molar-refractivity contribution < 1.29 is 5.11 Å². The molecule has 0 aliphatic rings. The van der Waals surface area contributed by atoms with E-state index in [-0.39, 0.29) is 0 Å². The highest BCUT2D eigenvalue weighted by Crippen LogP contribution is 2.21. The molecule has 0 aliphatic heterocycles. The summed E-state index contributed by atoms with van der Waals surface area (Å²) in [5.74, 6) is 1.47. The predicted molar refractivity (Wildman–Crippen MR) is 63.4 cm³/mol. The fraction of sp³-hybridized carbons (Fsp3) is 1.00. The second-order valence-electron chi connectivity index (χ2n) is 4.67. The standard InChI is InChI=1S/C13H28O/c1-4-5-6-7-8-9-12(2)13(3)10-11-14/h12-14H,4-11H2,1-3H3. The average molecular weight is 200 g/mol. The summed E-state index contributed by atoms with van der Waals surface area (Å²) in [6, 6.07) is 0. The van der Waals surface area contributed by atoms with Crippen molar-refractivity contribution in [3.63, 3.8) is 0 Å². The normalized spacial score (nSPS) is 15.4. The Morgan fingerprint density at radius 2 is 1.43 bits per heavy atom. The van der Waals surface area contributed by atoms with Crippen molar-refractivity contribution in [2.45, 2.75) is 65.7 Å². The first kappa shape index (κ1) is 14.0. The average Bonchev–Trinajstić information content (AvgIpc) is 2.17. The number of hydrogen-bond acceptors (Lipinski definition) is 1. The van der Waals surface area contributed by atoms with Gasteiger partial charge in [0.05, 0.1) is 0 Å². The van der Waals surface area contributed by atoms with Crippen LogP contribution in [-0.4, -0.2) is 11.7 Å². The molecule has 0 aromatic carbocycles. The van der Waals surface area contributed by atoms with Crippen LogP contribution in [0.2, 0.25) is 0 Å². The van der Waals surface area contributed by atoms with E-state index in [0.29, 0.717) is 12.5 Å². The van der Waals surface area contributed by atoms with E-state index in [1.165, 1.54) is 38.5 Å². The Hall–Kier alpha value is -0.0400. The van der Waals surface area contributed by atoms with Gasteiger partial charge in [-0.05, 0) is 18.3 Å². The maximum absolute atomic E-state index is 8.83. The van der Waals surface area contributed by atoms with Crippen LogP contribution in [-0.2, 0) is 0 Å². The molecule has 0 heterocycles. The minimum Gasteiger partial charge on any atom is -0.396 e. The molecule has 0 aromatic heterocycles. The van der Waals surface area contributed by atoms with Gasteiger partial charge in [0.1, 0.15) is 0 Å². The summed E-state index contributed by atoms with van der Waals surface area (Å²) in [5, 5.41) is 8.83. The molecule has 0 radical (unpaired) electrons. The van der Waals surface area contributed by atoms with Crippen LogP contribution >= 0.6 is 0 Å². The van der Waals surface area contributed by atoms with Gasteiger partial charge in [-0.2, -0.15) is 0 Å².